The second-order valence-corrected chi connectivity index (χ2v) is 4.89. The minimum atomic E-state index is -1.23. The molecule has 2 aromatic rings. The molecular weight excluding hydrogens is 227 g/mol. The molecule has 1 aromatic carbocycles. The highest BCUT2D eigenvalue weighted by Crippen LogP contribution is 2.12. The van der Waals surface area contributed by atoms with Crippen LogP contribution in [-0.4, -0.2) is 13.8 Å². The van der Waals surface area contributed by atoms with E-state index in [1.807, 2.05) is 7.05 Å². The summed E-state index contributed by atoms with van der Waals surface area (Å²) in [5.41, 5.74) is 0.864. The summed E-state index contributed by atoms with van der Waals surface area (Å²) >= 11 is 0. The topological polar surface area (TPSA) is 34.9 Å². The van der Waals surface area contributed by atoms with Gasteiger partial charge in [0.1, 0.15) is 5.82 Å². The Morgan fingerprint density at radius 2 is 2.31 bits per heavy atom. The zero-order valence-electron chi connectivity index (χ0n) is 8.76. The molecule has 5 heteroatoms. The number of rotatable bonds is 3. The van der Waals surface area contributed by atoms with Crippen LogP contribution >= 0.6 is 0 Å². The number of aryl methyl sites for hydroxylation is 1. The molecule has 84 valence electrons. The third kappa shape index (κ3) is 2.36. The highest BCUT2D eigenvalue weighted by atomic mass is 32.2. The van der Waals surface area contributed by atoms with Gasteiger partial charge in [0.15, 0.2) is 0 Å². The van der Waals surface area contributed by atoms with Crippen molar-refractivity contribution in [3.05, 3.63) is 48.3 Å². The van der Waals surface area contributed by atoms with E-state index in [1.165, 1.54) is 12.1 Å². The van der Waals surface area contributed by atoms with Crippen molar-refractivity contribution < 1.29 is 8.60 Å². The van der Waals surface area contributed by atoms with E-state index in [4.69, 9.17) is 0 Å². The fraction of sp³-hybridized carbons (Fsp3) is 0.182. The van der Waals surface area contributed by atoms with Crippen LogP contribution in [0.5, 0.6) is 0 Å². The van der Waals surface area contributed by atoms with Crippen LogP contribution in [0.15, 0.2) is 41.7 Å². The molecule has 0 aliphatic rings. The van der Waals surface area contributed by atoms with E-state index in [2.05, 4.69) is 4.98 Å². The number of imidazole rings is 1. The highest BCUT2D eigenvalue weighted by Gasteiger charge is 2.08. The lowest BCUT2D eigenvalue weighted by molar-refractivity contribution is 0.622. The first kappa shape index (κ1) is 11.0. The predicted octanol–water partition coefficient (Wildman–Crippen LogP) is 1.87. The van der Waals surface area contributed by atoms with Crippen LogP contribution in [0.4, 0.5) is 4.39 Å². The molecule has 1 aromatic heterocycles. The fourth-order valence-corrected chi connectivity index (χ4v) is 2.54. The molecule has 1 heterocycles. The van der Waals surface area contributed by atoms with E-state index in [1.54, 1.807) is 29.2 Å². The molecule has 1 atom stereocenters. The SMILES string of the molecule is Cn1cncc1CS(=O)c1cccc(F)c1. The van der Waals surface area contributed by atoms with Crippen molar-refractivity contribution >= 4 is 10.8 Å². The van der Waals surface area contributed by atoms with E-state index in [0.717, 1.165) is 5.69 Å². The van der Waals surface area contributed by atoms with Crippen LogP contribution in [0.3, 0.4) is 0 Å². The number of benzene rings is 1. The lowest BCUT2D eigenvalue weighted by atomic mass is 10.4. The lowest BCUT2D eigenvalue weighted by Gasteiger charge is -2.03. The first-order chi connectivity index (χ1) is 7.66. The van der Waals surface area contributed by atoms with Gasteiger partial charge >= 0.3 is 0 Å². The van der Waals surface area contributed by atoms with Crippen molar-refractivity contribution in [2.75, 3.05) is 0 Å². The molecular formula is C11H11FN2OS. The Balaban J connectivity index is 2.18. The summed E-state index contributed by atoms with van der Waals surface area (Å²) in [6, 6.07) is 5.86. The molecule has 0 N–H and O–H groups in total. The molecule has 0 fully saturated rings. The van der Waals surface area contributed by atoms with Gasteiger partial charge in [-0.05, 0) is 18.2 Å². The molecule has 0 spiro atoms. The van der Waals surface area contributed by atoms with Gasteiger partial charge in [-0.1, -0.05) is 6.07 Å². The first-order valence-corrected chi connectivity index (χ1v) is 6.08. The second kappa shape index (κ2) is 4.57. The van der Waals surface area contributed by atoms with Gasteiger partial charge in [-0.2, -0.15) is 0 Å². The lowest BCUT2D eigenvalue weighted by Crippen LogP contribution is -2.01. The highest BCUT2D eigenvalue weighted by molar-refractivity contribution is 7.84. The quantitative estimate of drug-likeness (QED) is 0.818. The Labute approximate surface area is 95.4 Å². The largest absolute Gasteiger partial charge is 0.337 e. The van der Waals surface area contributed by atoms with E-state index < -0.39 is 10.8 Å². The van der Waals surface area contributed by atoms with Crippen LogP contribution < -0.4 is 0 Å². The fourth-order valence-electron chi connectivity index (χ4n) is 1.35. The number of aromatic nitrogens is 2. The van der Waals surface area contributed by atoms with Crippen LogP contribution in [0.2, 0.25) is 0 Å². The van der Waals surface area contributed by atoms with Gasteiger partial charge in [-0.3, -0.25) is 4.21 Å². The molecule has 1 unspecified atom stereocenters. The summed E-state index contributed by atoms with van der Waals surface area (Å²) in [4.78, 5) is 4.44. The van der Waals surface area contributed by atoms with E-state index in [0.29, 0.717) is 10.6 Å². The van der Waals surface area contributed by atoms with Crippen molar-refractivity contribution in [1.82, 2.24) is 9.55 Å². The van der Waals surface area contributed by atoms with Crippen molar-refractivity contribution in [3.8, 4) is 0 Å². The second-order valence-electron chi connectivity index (χ2n) is 3.44. The number of hydrogen-bond acceptors (Lipinski definition) is 2. The molecule has 16 heavy (non-hydrogen) atoms. The van der Waals surface area contributed by atoms with E-state index in [-0.39, 0.29) is 5.82 Å². The molecule has 0 aliphatic carbocycles. The van der Waals surface area contributed by atoms with Crippen LogP contribution in [0, 0.1) is 5.82 Å². The average Bonchev–Trinajstić information content (AvgIpc) is 2.64. The summed E-state index contributed by atoms with van der Waals surface area (Å²) in [5.74, 6) is -0.0178. The number of nitrogens with zero attached hydrogens (tertiary/aromatic N) is 2. The smallest absolute Gasteiger partial charge is 0.124 e. The number of halogens is 1. The minimum Gasteiger partial charge on any atom is -0.337 e. The normalized spacial score (nSPS) is 12.6. The van der Waals surface area contributed by atoms with Gasteiger partial charge in [0.2, 0.25) is 0 Å². The van der Waals surface area contributed by atoms with E-state index in [9.17, 15) is 8.60 Å². The Bertz CT molecular complexity index is 524. The maximum Gasteiger partial charge on any atom is 0.124 e. The third-order valence-corrected chi connectivity index (χ3v) is 3.59. The number of hydrogen-bond donors (Lipinski definition) is 0. The van der Waals surface area contributed by atoms with Crippen LogP contribution in [-0.2, 0) is 23.6 Å². The third-order valence-electron chi connectivity index (χ3n) is 2.25. The molecule has 0 amide bonds. The van der Waals surface area contributed by atoms with Gasteiger partial charge in [-0.25, -0.2) is 9.37 Å². The Morgan fingerprint density at radius 3 is 2.94 bits per heavy atom. The summed E-state index contributed by atoms with van der Waals surface area (Å²) in [6.45, 7) is 0. The molecule has 3 nitrogen and oxygen atoms in total. The maximum absolute atomic E-state index is 12.9. The summed E-state index contributed by atoms with van der Waals surface area (Å²) in [7, 11) is 0.604. The molecule has 0 radical (unpaired) electrons. The van der Waals surface area contributed by atoms with Gasteiger partial charge < -0.3 is 4.57 Å². The van der Waals surface area contributed by atoms with Crippen LogP contribution in [0.1, 0.15) is 5.69 Å². The minimum absolute atomic E-state index is 0.347. The zero-order chi connectivity index (χ0) is 11.5. The Hall–Kier alpha value is -1.49. The van der Waals surface area contributed by atoms with Crippen LogP contribution in [0.25, 0.3) is 0 Å². The van der Waals surface area contributed by atoms with Gasteiger partial charge in [0, 0.05) is 23.8 Å². The summed E-state index contributed by atoms with van der Waals surface area (Å²) in [5, 5.41) is 0. The summed E-state index contributed by atoms with van der Waals surface area (Å²) in [6.07, 6.45) is 3.31. The van der Waals surface area contributed by atoms with Gasteiger partial charge in [0.05, 0.1) is 22.9 Å². The molecule has 0 saturated heterocycles. The zero-order valence-corrected chi connectivity index (χ0v) is 9.58. The summed E-state index contributed by atoms with van der Waals surface area (Å²) < 4.78 is 26.7. The molecule has 0 aliphatic heterocycles. The van der Waals surface area contributed by atoms with Crippen molar-refractivity contribution in [2.45, 2.75) is 10.6 Å². The van der Waals surface area contributed by atoms with Crippen molar-refractivity contribution in [3.63, 3.8) is 0 Å². The first-order valence-electron chi connectivity index (χ1n) is 4.76. The van der Waals surface area contributed by atoms with Crippen molar-refractivity contribution in [2.24, 2.45) is 7.05 Å². The molecule has 0 bridgehead atoms. The molecule has 2 rings (SSSR count). The predicted molar refractivity (Wildman–Crippen MR) is 59.7 cm³/mol. The Morgan fingerprint density at radius 1 is 1.50 bits per heavy atom. The van der Waals surface area contributed by atoms with E-state index >= 15 is 0 Å². The van der Waals surface area contributed by atoms with Gasteiger partial charge in [-0.15, -0.1) is 0 Å². The van der Waals surface area contributed by atoms with Gasteiger partial charge in [0.25, 0.3) is 0 Å². The Kier molecular flexibility index (Phi) is 3.14. The maximum atomic E-state index is 12.9. The standard InChI is InChI=1S/C11H11FN2OS/c1-14-8-13-6-10(14)7-16(15)11-4-2-3-9(12)5-11/h2-6,8H,7H2,1H3. The average molecular weight is 238 g/mol. The monoisotopic (exact) mass is 238 g/mol. The molecule has 0 saturated carbocycles. The van der Waals surface area contributed by atoms with Crippen molar-refractivity contribution in [1.29, 1.82) is 0 Å².